The first kappa shape index (κ1) is 16.7. The highest BCUT2D eigenvalue weighted by molar-refractivity contribution is 8.00. The van der Waals surface area contributed by atoms with Gasteiger partial charge in [-0.1, -0.05) is 72.9 Å². The second-order valence-electron chi connectivity index (χ2n) is 4.38. The minimum absolute atomic E-state index is 0.129. The van der Waals surface area contributed by atoms with Gasteiger partial charge in [0.15, 0.2) is 0 Å². The van der Waals surface area contributed by atoms with Crippen LogP contribution >= 0.6 is 35.0 Å². The van der Waals surface area contributed by atoms with Crippen molar-refractivity contribution in [2.45, 2.75) is 47.7 Å². The second kappa shape index (κ2) is 8.03. The van der Waals surface area contributed by atoms with Crippen LogP contribution in [0.15, 0.2) is 35.2 Å². The molecule has 0 aliphatic rings. The van der Waals surface area contributed by atoms with E-state index in [4.69, 9.17) is 23.2 Å². The average molecular weight is 320 g/mol. The lowest BCUT2D eigenvalue weighted by Crippen LogP contribution is -2.43. The number of carbonyl (C=O) groups excluding carboxylic acids is 1. The summed E-state index contributed by atoms with van der Waals surface area (Å²) in [5.41, 5.74) is 0. The molecule has 19 heavy (non-hydrogen) atoms. The van der Waals surface area contributed by atoms with Crippen LogP contribution in [0.2, 0.25) is 0 Å². The molecule has 0 spiro atoms. The van der Waals surface area contributed by atoms with Gasteiger partial charge < -0.3 is 5.32 Å². The number of hydrogen-bond donors (Lipinski definition) is 1. The molecule has 0 heterocycles. The molecule has 0 fully saturated rings. The van der Waals surface area contributed by atoms with Crippen LogP contribution in [0, 0.1) is 0 Å². The van der Waals surface area contributed by atoms with Gasteiger partial charge in [0, 0.05) is 11.8 Å². The number of unbranched alkanes of at least 4 members (excludes halogenated alkanes) is 1. The Morgan fingerprint density at radius 2 is 2.00 bits per heavy atom. The summed E-state index contributed by atoms with van der Waals surface area (Å²) in [5.74, 6) is -0.129. The first-order valence-electron chi connectivity index (χ1n) is 6.32. The zero-order chi connectivity index (χ0) is 14.3. The van der Waals surface area contributed by atoms with Gasteiger partial charge in [0.25, 0.3) is 0 Å². The predicted octanol–water partition coefficient (Wildman–Crippen LogP) is 4.61. The molecule has 2 nitrogen and oxygen atoms in total. The molecule has 0 aromatic heterocycles. The number of amides is 1. The Bertz CT molecular complexity index is 398. The molecule has 1 unspecified atom stereocenters. The largest absolute Gasteiger partial charge is 0.341 e. The summed E-state index contributed by atoms with van der Waals surface area (Å²) < 4.78 is -0.970. The van der Waals surface area contributed by atoms with Crippen LogP contribution in [0.1, 0.15) is 33.1 Å². The summed E-state index contributed by atoms with van der Waals surface area (Å²) >= 11 is 14.3. The predicted molar refractivity (Wildman–Crippen MR) is 83.9 cm³/mol. The maximum atomic E-state index is 11.3. The Balaban J connectivity index is 2.79. The maximum Gasteiger partial charge on any atom is 0.217 e. The lowest BCUT2D eigenvalue weighted by atomic mass is 10.2. The Labute approximate surface area is 129 Å². The fourth-order valence-corrected chi connectivity index (χ4v) is 3.33. The summed E-state index contributed by atoms with van der Waals surface area (Å²) in [6.45, 7) is 3.56. The van der Waals surface area contributed by atoms with Crippen LogP contribution in [-0.4, -0.2) is 15.6 Å². The van der Waals surface area contributed by atoms with Crippen LogP contribution < -0.4 is 5.32 Å². The monoisotopic (exact) mass is 319 g/mol. The summed E-state index contributed by atoms with van der Waals surface area (Å²) in [4.78, 5) is 12.4. The van der Waals surface area contributed by atoms with Gasteiger partial charge in [-0.3, -0.25) is 4.79 Å². The second-order valence-corrected chi connectivity index (χ2v) is 7.10. The molecule has 0 aliphatic heterocycles. The number of hydrogen-bond acceptors (Lipinski definition) is 2. The molecule has 0 saturated carbocycles. The Morgan fingerprint density at radius 1 is 1.37 bits per heavy atom. The summed E-state index contributed by atoms with van der Waals surface area (Å²) in [5, 5.41) is 2.48. The van der Waals surface area contributed by atoms with E-state index in [1.165, 1.54) is 18.7 Å². The molecule has 1 amide bonds. The van der Waals surface area contributed by atoms with Gasteiger partial charge in [0.1, 0.15) is 9.71 Å². The molecule has 106 valence electrons. The molecule has 1 aromatic carbocycles. The average Bonchev–Trinajstić information content (AvgIpc) is 2.36. The van der Waals surface area contributed by atoms with Crippen molar-refractivity contribution in [1.29, 1.82) is 0 Å². The number of rotatable bonds is 7. The van der Waals surface area contributed by atoms with E-state index in [1.807, 2.05) is 30.3 Å². The summed E-state index contributed by atoms with van der Waals surface area (Å²) in [7, 11) is 0. The molecule has 1 aromatic rings. The van der Waals surface area contributed by atoms with Crippen molar-refractivity contribution in [2.24, 2.45) is 0 Å². The van der Waals surface area contributed by atoms with Crippen LogP contribution in [0.4, 0.5) is 0 Å². The van der Waals surface area contributed by atoms with Gasteiger partial charge in [-0.15, -0.1) is 0 Å². The van der Waals surface area contributed by atoms with Crippen molar-refractivity contribution < 1.29 is 4.79 Å². The van der Waals surface area contributed by atoms with E-state index < -0.39 is 4.33 Å². The number of halogens is 2. The zero-order valence-corrected chi connectivity index (χ0v) is 13.5. The van der Waals surface area contributed by atoms with E-state index in [2.05, 4.69) is 12.2 Å². The minimum atomic E-state index is -0.970. The van der Waals surface area contributed by atoms with E-state index in [-0.39, 0.29) is 11.3 Å². The van der Waals surface area contributed by atoms with Crippen molar-refractivity contribution in [3.05, 3.63) is 30.3 Å². The highest BCUT2D eigenvalue weighted by Gasteiger charge is 2.35. The van der Waals surface area contributed by atoms with Crippen LogP contribution in [0.5, 0.6) is 0 Å². The van der Waals surface area contributed by atoms with Crippen molar-refractivity contribution in [2.75, 3.05) is 0 Å². The van der Waals surface area contributed by atoms with Gasteiger partial charge in [-0.25, -0.2) is 0 Å². The fourth-order valence-electron chi connectivity index (χ4n) is 1.58. The first-order chi connectivity index (χ1) is 8.95. The standard InChI is InChI=1S/C14H19Cl2NOS/c1-3-4-10-14(15,16)13(17-11(2)18)19-12-8-6-5-7-9-12/h5-9,13H,3-4,10H2,1-2H3,(H,17,18). The van der Waals surface area contributed by atoms with E-state index in [0.717, 1.165) is 17.7 Å². The molecular formula is C14H19Cl2NOS. The van der Waals surface area contributed by atoms with E-state index in [9.17, 15) is 4.79 Å². The summed E-state index contributed by atoms with van der Waals surface area (Å²) in [6.07, 6.45) is 2.60. The van der Waals surface area contributed by atoms with E-state index in [1.54, 1.807) is 0 Å². The van der Waals surface area contributed by atoms with Gasteiger partial charge in [0.05, 0.1) is 0 Å². The summed E-state index contributed by atoms with van der Waals surface area (Å²) in [6, 6.07) is 9.79. The molecular weight excluding hydrogens is 301 g/mol. The van der Waals surface area contributed by atoms with Gasteiger partial charge in [0.2, 0.25) is 5.91 Å². The topological polar surface area (TPSA) is 29.1 Å². The van der Waals surface area contributed by atoms with Crippen LogP contribution in [0.3, 0.4) is 0 Å². The number of nitrogens with one attached hydrogen (secondary N) is 1. The van der Waals surface area contributed by atoms with Gasteiger partial charge in [-0.05, 0) is 18.6 Å². The molecule has 1 N–H and O–H groups in total. The van der Waals surface area contributed by atoms with E-state index >= 15 is 0 Å². The highest BCUT2D eigenvalue weighted by Crippen LogP contribution is 2.39. The van der Waals surface area contributed by atoms with Crippen molar-refractivity contribution in [3.63, 3.8) is 0 Å². The quantitative estimate of drug-likeness (QED) is 0.452. The fraction of sp³-hybridized carbons (Fsp3) is 0.500. The third kappa shape index (κ3) is 6.07. The van der Waals surface area contributed by atoms with Crippen molar-refractivity contribution >= 4 is 40.9 Å². The third-order valence-electron chi connectivity index (χ3n) is 2.58. The van der Waals surface area contributed by atoms with Crippen LogP contribution in [-0.2, 0) is 4.79 Å². The molecule has 1 atom stereocenters. The number of benzene rings is 1. The van der Waals surface area contributed by atoms with Crippen molar-refractivity contribution in [1.82, 2.24) is 5.32 Å². The SMILES string of the molecule is CCCCC(Cl)(Cl)C(NC(C)=O)Sc1ccccc1. The number of thioether (sulfide) groups is 1. The minimum Gasteiger partial charge on any atom is -0.341 e. The molecule has 0 bridgehead atoms. The normalized spacial score (nSPS) is 13.1. The Kier molecular flexibility index (Phi) is 7.05. The van der Waals surface area contributed by atoms with Crippen LogP contribution in [0.25, 0.3) is 0 Å². The van der Waals surface area contributed by atoms with E-state index in [0.29, 0.717) is 6.42 Å². The molecule has 0 saturated heterocycles. The maximum absolute atomic E-state index is 11.3. The number of alkyl halides is 2. The first-order valence-corrected chi connectivity index (χ1v) is 7.96. The smallest absolute Gasteiger partial charge is 0.217 e. The number of carbonyl (C=O) groups is 1. The molecule has 0 aliphatic carbocycles. The Hall–Kier alpha value is -0.380. The van der Waals surface area contributed by atoms with Crippen molar-refractivity contribution in [3.8, 4) is 0 Å². The lowest BCUT2D eigenvalue weighted by molar-refractivity contribution is -0.119. The zero-order valence-electron chi connectivity index (χ0n) is 11.2. The lowest BCUT2D eigenvalue weighted by Gasteiger charge is -2.30. The molecule has 0 radical (unpaired) electrons. The van der Waals surface area contributed by atoms with Gasteiger partial charge in [-0.2, -0.15) is 0 Å². The molecule has 1 rings (SSSR count). The Morgan fingerprint density at radius 3 is 2.53 bits per heavy atom. The molecule has 5 heteroatoms. The van der Waals surface area contributed by atoms with Gasteiger partial charge >= 0.3 is 0 Å². The third-order valence-corrected chi connectivity index (χ3v) is 4.95. The highest BCUT2D eigenvalue weighted by atomic mass is 35.5.